The highest BCUT2D eigenvalue weighted by Gasteiger charge is 2.22. The van der Waals surface area contributed by atoms with E-state index in [-0.39, 0.29) is 5.97 Å². The Morgan fingerprint density at radius 3 is 3.04 bits per heavy atom. The van der Waals surface area contributed by atoms with Crippen LogP contribution in [0.1, 0.15) is 35.3 Å². The fourth-order valence-electron chi connectivity index (χ4n) is 2.63. The molecule has 0 aromatic carbocycles. The normalized spacial score (nSPS) is 19.7. The number of hydrogen-bond acceptors (Lipinski definition) is 7. The summed E-state index contributed by atoms with van der Waals surface area (Å²) < 4.78 is 29.9. The van der Waals surface area contributed by atoms with Gasteiger partial charge in [0.2, 0.25) is 15.0 Å². The van der Waals surface area contributed by atoms with Crippen molar-refractivity contribution in [2.45, 2.75) is 26.3 Å². The van der Waals surface area contributed by atoms with Crippen molar-refractivity contribution >= 4 is 27.3 Å². The van der Waals surface area contributed by atoms with E-state index in [2.05, 4.69) is 14.6 Å². The number of ether oxygens (including phenoxy) is 1. The third-order valence-electron chi connectivity index (χ3n) is 3.62. The summed E-state index contributed by atoms with van der Waals surface area (Å²) in [6.45, 7) is 5.04. The van der Waals surface area contributed by atoms with Gasteiger partial charge >= 0.3 is 5.97 Å². The van der Waals surface area contributed by atoms with Crippen molar-refractivity contribution in [3.8, 4) is 0 Å². The quantitative estimate of drug-likeness (QED) is 0.731. The van der Waals surface area contributed by atoms with Gasteiger partial charge in [-0.2, -0.15) is 0 Å². The van der Waals surface area contributed by atoms with Crippen molar-refractivity contribution in [1.29, 1.82) is 0 Å². The second-order valence-corrected chi connectivity index (χ2v) is 8.42. The van der Waals surface area contributed by atoms with Crippen molar-refractivity contribution in [1.82, 2.24) is 14.6 Å². The molecule has 130 valence electrons. The average Bonchev–Trinajstić information content (AvgIpc) is 2.94. The Hall–Kier alpha value is -1.03. The highest BCUT2D eigenvalue weighted by Crippen LogP contribution is 2.19. The second kappa shape index (κ2) is 8.18. The number of rotatable bonds is 7. The third kappa shape index (κ3) is 6.17. The summed E-state index contributed by atoms with van der Waals surface area (Å²) >= 11 is 1.30. The van der Waals surface area contributed by atoms with Crippen LogP contribution in [-0.2, 0) is 21.3 Å². The minimum absolute atomic E-state index is 0.307. The van der Waals surface area contributed by atoms with E-state index in [9.17, 15) is 13.2 Å². The lowest BCUT2D eigenvalue weighted by Gasteiger charge is -2.32. The van der Waals surface area contributed by atoms with Crippen LogP contribution in [0.3, 0.4) is 0 Å². The molecule has 1 aliphatic heterocycles. The van der Waals surface area contributed by atoms with E-state index in [1.165, 1.54) is 17.6 Å². The van der Waals surface area contributed by atoms with E-state index >= 15 is 0 Å². The summed E-state index contributed by atoms with van der Waals surface area (Å²) in [4.78, 5) is 18.2. The largest absolute Gasteiger partial charge is 0.461 e. The van der Waals surface area contributed by atoms with E-state index in [1.54, 1.807) is 6.92 Å². The predicted octanol–water partition coefficient (Wildman–Crippen LogP) is 1.08. The van der Waals surface area contributed by atoms with E-state index in [1.807, 2.05) is 5.38 Å². The van der Waals surface area contributed by atoms with Gasteiger partial charge < -0.3 is 4.74 Å². The molecule has 2 rings (SSSR count). The van der Waals surface area contributed by atoms with Crippen molar-refractivity contribution in [2.24, 2.45) is 5.92 Å². The smallest absolute Gasteiger partial charge is 0.367 e. The first kappa shape index (κ1) is 18.3. The predicted molar refractivity (Wildman–Crippen MR) is 88.9 cm³/mol. The minimum Gasteiger partial charge on any atom is -0.461 e. The Labute approximate surface area is 141 Å². The highest BCUT2D eigenvalue weighted by atomic mass is 32.2. The molecule has 0 unspecified atom stereocenters. The van der Waals surface area contributed by atoms with Crippen LogP contribution in [0.2, 0.25) is 0 Å². The molecular formula is C14H23N3O4S2. The standard InChI is InChI=1S/C14H23N3O4S2/c1-3-21-14(18)13-16-12(10-22-13)9-17-6-4-5-11(8-17)7-15-23(2,19)20/h10-11,15H,3-9H2,1-2H3/t11-/m0/s1. The lowest BCUT2D eigenvalue weighted by Crippen LogP contribution is -2.40. The Morgan fingerprint density at radius 1 is 1.57 bits per heavy atom. The van der Waals surface area contributed by atoms with Crippen LogP contribution < -0.4 is 4.72 Å². The molecule has 0 aliphatic carbocycles. The fraction of sp³-hybridized carbons (Fsp3) is 0.714. The maximum absolute atomic E-state index is 11.6. The molecular weight excluding hydrogens is 338 g/mol. The molecule has 1 fully saturated rings. The third-order valence-corrected chi connectivity index (χ3v) is 5.19. The Bertz CT molecular complexity index is 630. The number of piperidine rings is 1. The molecule has 1 aromatic heterocycles. The highest BCUT2D eigenvalue weighted by molar-refractivity contribution is 7.88. The summed E-state index contributed by atoms with van der Waals surface area (Å²) in [6, 6.07) is 0. The fourth-order valence-corrected chi connectivity index (χ4v) is 3.86. The van der Waals surface area contributed by atoms with Crippen LogP contribution in [-0.4, -0.2) is 56.8 Å². The van der Waals surface area contributed by atoms with Crippen molar-refractivity contribution < 1.29 is 17.9 Å². The SMILES string of the molecule is CCOC(=O)c1nc(CN2CCC[C@@H](CNS(C)(=O)=O)C2)cs1. The zero-order valence-corrected chi connectivity index (χ0v) is 15.1. The lowest BCUT2D eigenvalue weighted by atomic mass is 9.98. The van der Waals surface area contributed by atoms with E-state index in [0.29, 0.717) is 30.6 Å². The molecule has 2 heterocycles. The van der Waals surface area contributed by atoms with Crippen LogP contribution >= 0.6 is 11.3 Å². The molecule has 7 nitrogen and oxygen atoms in total. The van der Waals surface area contributed by atoms with Gasteiger partial charge in [-0.3, -0.25) is 4.90 Å². The van der Waals surface area contributed by atoms with Gasteiger partial charge in [0, 0.05) is 25.0 Å². The topological polar surface area (TPSA) is 88.6 Å². The van der Waals surface area contributed by atoms with E-state index in [0.717, 1.165) is 31.6 Å². The van der Waals surface area contributed by atoms with Crippen molar-refractivity contribution in [3.63, 3.8) is 0 Å². The number of carbonyl (C=O) groups excluding carboxylic acids is 1. The monoisotopic (exact) mass is 361 g/mol. The molecule has 9 heteroatoms. The molecule has 1 aliphatic rings. The molecule has 0 saturated carbocycles. The van der Waals surface area contributed by atoms with Crippen LogP contribution in [0, 0.1) is 5.92 Å². The van der Waals surface area contributed by atoms with Gasteiger partial charge in [-0.25, -0.2) is 22.9 Å². The maximum atomic E-state index is 11.6. The molecule has 1 N–H and O–H groups in total. The van der Waals surface area contributed by atoms with Gasteiger partial charge in [0.25, 0.3) is 0 Å². The maximum Gasteiger partial charge on any atom is 0.367 e. The van der Waals surface area contributed by atoms with E-state index < -0.39 is 10.0 Å². The Morgan fingerprint density at radius 2 is 2.35 bits per heavy atom. The van der Waals surface area contributed by atoms with Crippen LogP contribution in [0.25, 0.3) is 0 Å². The molecule has 0 amide bonds. The molecule has 23 heavy (non-hydrogen) atoms. The molecule has 1 saturated heterocycles. The number of likely N-dealkylation sites (tertiary alicyclic amines) is 1. The number of aromatic nitrogens is 1. The summed E-state index contributed by atoms with van der Waals surface area (Å²) in [5, 5.41) is 2.26. The number of carbonyl (C=O) groups is 1. The summed E-state index contributed by atoms with van der Waals surface area (Å²) in [5.41, 5.74) is 0.856. The Balaban J connectivity index is 1.86. The summed E-state index contributed by atoms with van der Waals surface area (Å²) in [7, 11) is -3.14. The van der Waals surface area contributed by atoms with Crippen molar-refractivity contribution in [2.75, 3.05) is 32.5 Å². The summed E-state index contributed by atoms with van der Waals surface area (Å²) in [6.07, 6.45) is 3.23. The zero-order chi connectivity index (χ0) is 16.9. The molecule has 1 atom stereocenters. The van der Waals surface area contributed by atoms with Gasteiger partial charge in [-0.1, -0.05) is 0 Å². The molecule has 1 aromatic rings. The molecule has 0 bridgehead atoms. The molecule has 0 radical (unpaired) electrons. The number of esters is 1. The van der Waals surface area contributed by atoms with Gasteiger partial charge in [0.15, 0.2) is 0 Å². The number of nitrogens with one attached hydrogen (secondary N) is 1. The number of hydrogen-bond donors (Lipinski definition) is 1. The average molecular weight is 361 g/mol. The summed E-state index contributed by atoms with van der Waals surface area (Å²) in [5.74, 6) is -0.0701. The molecule has 0 spiro atoms. The van der Waals surface area contributed by atoms with Crippen molar-refractivity contribution in [3.05, 3.63) is 16.1 Å². The van der Waals surface area contributed by atoms with Gasteiger partial charge in [-0.05, 0) is 32.2 Å². The first-order valence-electron chi connectivity index (χ1n) is 7.66. The lowest BCUT2D eigenvalue weighted by molar-refractivity contribution is 0.0525. The Kier molecular flexibility index (Phi) is 6.51. The van der Waals surface area contributed by atoms with Crippen LogP contribution in [0.5, 0.6) is 0 Å². The number of nitrogens with zero attached hydrogens (tertiary/aromatic N) is 2. The number of sulfonamides is 1. The first-order valence-corrected chi connectivity index (χ1v) is 10.4. The first-order chi connectivity index (χ1) is 10.9. The van der Waals surface area contributed by atoms with Gasteiger partial charge in [-0.15, -0.1) is 11.3 Å². The second-order valence-electron chi connectivity index (χ2n) is 5.73. The van der Waals surface area contributed by atoms with Gasteiger partial charge in [0.1, 0.15) is 0 Å². The minimum atomic E-state index is -3.14. The zero-order valence-electron chi connectivity index (χ0n) is 13.4. The van der Waals surface area contributed by atoms with Gasteiger partial charge in [0.05, 0.1) is 18.6 Å². The number of thiazole rings is 1. The van der Waals surface area contributed by atoms with Crippen LogP contribution in [0.4, 0.5) is 0 Å². The van der Waals surface area contributed by atoms with Crippen LogP contribution in [0.15, 0.2) is 5.38 Å². The van der Waals surface area contributed by atoms with E-state index in [4.69, 9.17) is 4.74 Å².